The minimum Gasteiger partial charge on any atom is -0.405 e. The van der Waals surface area contributed by atoms with Crippen LogP contribution in [0.25, 0.3) is 0 Å². The number of nitrogens with one attached hydrogen (secondary N) is 1. The van der Waals surface area contributed by atoms with Crippen LogP contribution < -0.4 is 10.1 Å². The molecule has 94 valence electrons. The monoisotopic (exact) mass is 245 g/mol. The van der Waals surface area contributed by atoms with Gasteiger partial charge in [0.15, 0.2) is 0 Å². The van der Waals surface area contributed by atoms with Crippen LogP contribution >= 0.6 is 0 Å². The van der Waals surface area contributed by atoms with E-state index in [1.807, 2.05) is 0 Å². The van der Waals surface area contributed by atoms with Crippen LogP contribution in [-0.2, 0) is 6.54 Å². The van der Waals surface area contributed by atoms with E-state index in [0.29, 0.717) is 18.7 Å². The molecule has 1 N–H and O–H groups in total. The maximum absolute atomic E-state index is 12.1. The normalized spacial score (nSPS) is 11.2. The molecule has 1 aromatic rings. The number of rotatable bonds is 6. The number of alkyl halides is 3. The summed E-state index contributed by atoms with van der Waals surface area (Å²) in [6, 6.07) is 6.09. The van der Waals surface area contributed by atoms with Gasteiger partial charge in [-0.1, -0.05) is 24.3 Å². The van der Waals surface area contributed by atoms with E-state index < -0.39 is 6.36 Å². The Labute approximate surface area is 98.1 Å². The Morgan fingerprint density at radius 2 is 2.00 bits per heavy atom. The lowest BCUT2D eigenvalue weighted by atomic mass is 10.2. The predicted molar refractivity (Wildman–Crippen MR) is 59.6 cm³/mol. The van der Waals surface area contributed by atoms with Crippen LogP contribution in [0.1, 0.15) is 12.0 Å². The summed E-state index contributed by atoms with van der Waals surface area (Å²) in [6.07, 6.45) is -2.15. The van der Waals surface area contributed by atoms with Gasteiger partial charge in [-0.15, -0.1) is 19.8 Å². The molecule has 17 heavy (non-hydrogen) atoms. The SMILES string of the molecule is C=CCCNCc1ccccc1OC(F)(F)F. The highest BCUT2D eigenvalue weighted by molar-refractivity contribution is 5.33. The molecule has 0 atom stereocenters. The molecular formula is C12H14F3NO. The molecule has 0 amide bonds. The molecule has 0 fully saturated rings. The minimum atomic E-state index is -4.66. The smallest absolute Gasteiger partial charge is 0.405 e. The molecule has 0 unspecified atom stereocenters. The van der Waals surface area contributed by atoms with Gasteiger partial charge in [0.1, 0.15) is 5.75 Å². The van der Waals surface area contributed by atoms with Gasteiger partial charge in [-0.3, -0.25) is 0 Å². The van der Waals surface area contributed by atoms with Crippen LogP contribution in [0, 0.1) is 0 Å². The largest absolute Gasteiger partial charge is 0.573 e. The van der Waals surface area contributed by atoms with Gasteiger partial charge >= 0.3 is 6.36 Å². The topological polar surface area (TPSA) is 21.3 Å². The van der Waals surface area contributed by atoms with Crippen molar-refractivity contribution in [2.45, 2.75) is 19.3 Å². The highest BCUT2D eigenvalue weighted by Crippen LogP contribution is 2.25. The molecule has 1 aromatic carbocycles. The number of ether oxygens (including phenoxy) is 1. The summed E-state index contributed by atoms with van der Waals surface area (Å²) in [4.78, 5) is 0. The fraction of sp³-hybridized carbons (Fsp3) is 0.333. The highest BCUT2D eigenvalue weighted by atomic mass is 19.4. The van der Waals surface area contributed by atoms with Crippen LogP contribution in [0.5, 0.6) is 5.75 Å². The van der Waals surface area contributed by atoms with E-state index in [4.69, 9.17) is 0 Å². The molecule has 0 saturated carbocycles. The van der Waals surface area contributed by atoms with E-state index in [9.17, 15) is 13.2 Å². The fourth-order valence-electron chi connectivity index (χ4n) is 1.30. The molecule has 0 aliphatic carbocycles. The molecule has 1 rings (SSSR count). The van der Waals surface area contributed by atoms with E-state index in [1.54, 1.807) is 18.2 Å². The maximum atomic E-state index is 12.1. The second-order valence-corrected chi connectivity index (χ2v) is 3.41. The fourth-order valence-corrected chi connectivity index (χ4v) is 1.30. The first kappa shape index (κ1) is 13.6. The Kier molecular flexibility index (Phi) is 5.03. The van der Waals surface area contributed by atoms with Crippen molar-refractivity contribution < 1.29 is 17.9 Å². The van der Waals surface area contributed by atoms with Gasteiger partial charge in [-0.2, -0.15) is 0 Å². The Bertz CT molecular complexity index is 363. The lowest BCUT2D eigenvalue weighted by Gasteiger charge is -2.13. The summed E-state index contributed by atoms with van der Waals surface area (Å²) in [6.45, 7) is 4.56. The zero-order chi connectivity index (χ0) is 12.7. The Balaban J connectivity index is 2.61. The van der Waals surface area contributed by atoms with Crippen LogP contribution in [0.15, 0.2) is 36.9 Å². The van der Waals surface area contributed by atoms with Crippen LogP contribution in [0.3, 0.4) is 0 Å². The first-order valence-corrected chi connectivity index (χ1v) is 5.18. The maximum Gasteiger partial charge on any atom is 0.573 e. The molecular weight excluding hydrogens is 231 g/mol. The van der Waals surface area contributed by atoms with Gasteiger partial charge in [0.05, 0.1) is 0 Å². The van der Waals surface area contributed by atoms with Crippen LogP contribution in [0.4, 0.5) is 13.2 Å². The zero-order valence-corrected chi connectivity index (χ0v) is 9.26. The molecule has 0 radical (unpaired) electrons. The second kappa shape index (κ2) is 6.30. The summed E-state index contributed by atoms with van der Waals surface area (Å²) < 4.78 is 40.3. The minimum absolute atomic E-state index is 0.161. The summed E-state index contributed by atoms with van der Waals surface area (Å²) in [7, 11) is 0. The molecule has 5 heteroatoms. The molecule has 0 spiro atoms. The summed E-state index contributed by atoms with van der Waals surface area (Å²) in [5, 5.41) is 3.01. The van der Waals surface area contributed by atoms with Crippen LogP contribution in [0.2, 0.25) is 0 Å². The Morgan fingerprint density at radius 3 is 2.65 bits per heavy atom. The molecule has 0 heterocycles. The average Bonchev–Trinajstić information content (AvgIpc) is 2.24. The van der Waals surface area contributed by atoms with E-state index in [2.05, 4.69) is 16.6 Å². The molecule has 0 saturated heterocycles. The molecule has 0 aromatic heterocycles. The van der Waals surface area contributed by atoms with Crippen LogP contribution in [-0.4, -0.2) is 12.9 Å². The van der Waals surface area contributed by atoms with Crippen molar-refractivity contribution >= 4 is 0 Å². The van der Waals surface area contributed by atoms with E-state index in [-0.39, 0.29) is 5.75 Å². The lowest BCUT2D eigenvalue weighted by molar-refractivity contribution is -0.274. The molecule has 0 aliphatic heterocycles. The van der Waals surface area contributed by atoms with Crippen molar-refractivity contribution in [1.82, 2.24) is 5.32 Å². The van der Waals surface area contributed by atoms with Gasteiger partial charge < -0.3 is 10.1 Å². The summed E-state index contributed by atoms with van der Waals surface area (Å²) in [5.41, 5.74) is 0.480. The lowest BCUT2D eigenvalue weighted by Crippen LogP contribution is -2.20. The Morgan fingerprint density at radius 1 is 1.29 bits per heavy atom. The number of halogens is 3. The third-order valence-corrected chi connectivity index (χ3v) is 2.04. The van der Waals surface area contributed by atoms with Gasteiger partial charge in [-0.05, 0) is 19.0 Å². The quantitative estimate of drug-likeness (QED) is 0.613. The van der Waals surface area contributed by atoms with Gasteiger partial charge in [0, 0.05) is 12.1 Å². The first-order chi connectivity index (χ1) is 8.03. The Hall–Kier alpha value is -1.49. The van der Waals surface area contributed by atoms with Crippen molar-refractivity contribution in [2.75, 3.05) is 6.54 Å². The van der Waals surface area contributed by atoms with Crippen molar-refractivity contribution in [3.63, 3.8) is 0 Å². The van der Waals surface area contributed by atoms with Crippen molar-refractivity contribution in [1.29, 1.82) is 0 Å². The molecule has 2 nitrogen and oxygen atoms in total. The van der Waals surface area contributed by atoms with Gasteiger partial charge in [-0.25, -0.2) is 0 Å². The summed E-state index contributed by atoms with van der Waals surface area (Å²) >= 11 is 0. The highest BCUT2D eigenvalue weighted by Gasteiger charge is 2.31. The van der Waals surface area contributed by atoms with E-state index in [1.165, 1.54) is 12.1 Å². The second-order valence-electron chi connectivity index (χ2n) is 3.41. The molecule has 0 bridgehead atoms. The summed E-state index contributed by atoms with van der Waals surface area (Å²) in [5.74, 6) is -0.161. The standard InChI is InChI=1S/C12H14F3NO/c1-2-3-8-16-9-10-6-4-5-7-11(10)17-12(13,14)15/h2,4-7,16H,1,3,8-9H2. The van der Waals surface area contributed by atoms with Crippen molar-refractivity contribution in [2.24, 2.45) is 0 Å². The number of benzene rings is 1. The van der Waals surface area contributed by atoms with E-state index in [0.717, 1.165) is 6.42 Å². The van der Waals surface area contributed by atoms with E-state index >= 15 is 0 Å². The van der Waals surface area contributed by atoms with Gasteiger partial charge in [0.2, 0.25) is 0 Å². The molecule has 0 aliphatic rings. The third-order valence-electron chi connectivity index (χ3n) is 2.04. The number of para-hydroxylation sites is 1. The third kappa shape index (κ3) is 5.40. The van der Waals surface area contributed by atoms with Gasteiger partial charge in [0.25, 0.3) is 0 Å². The average molecular weight is 245 g/mol. The van der Waals surface area contributed by atoms with Crippen molar-refractivity contribution in [3.05, 3.63) is 42.5 Å². The first-order valence-electron chi connectivity index (χ1n) is 5.18. The van der Waals surface area contributed by atoms with Crippen molar-refractivity contribution in [3.8, 4) is 5.75 Å². The predicted octanol–water partition coefficient (Wildman–Crippen LogP) is 3.25. The zero-order valence-electron chi connectivity index (χ0n) is 9.26. The number of hydrogen-bond donors (Lipinski definition) is 1. The number of hydrogen-bond acceptors (Lipinski definition) is 2.